The van der Waals surface area contributed by atoms with Gasteiger partial charge >= 0.3 is 0 Å². The van der Waals surface area contributed by atoms with E-state index in [0.717, 1.165) is 25.7 Å². The minimum Gasteiger partial charge on any atom is -0.374 e. The zero-order chi connectivity index (χ0) is 15.6. The standard InChI is InChI=1S/C17H22N2O3.B.V/c18-15(20)10-19-12-17(16(19)21)8-6-14(7-9-17)22-11-13-4-2-1-3-5-13;;/h1-5,14H,6-12H2,(H2,18,20);;. The van der Waals surface area contributed by atoms with Crippen molar-refractivity contribution in [3.8, 4) is 0 Å². The fraction of sp³-hybridized carbons (Fsp3) is 0.529. The van der Waals surface area contributed by atoms with E-state index in [2.05, 4.69) is 12.1 Å². The molecule has 1 heterocycles. The van der Waals surface area contributed by atoms with Crippen LogP contribution in [0.15, 0.2) is 30.3 Å². The number of β-lactam (4-membered cyclic amide) rings is 1. The van der Waals surface area contributed by atoms with Gasteiger partial charge in [0, 0.05) is 33.5 Å². The van der Waals surface area contributed by atoms with Crippen LogP contribution in [0.5, 0.6) is 0 Å². The first-order valence-corrected chi connectivity index (χ1v) is 7.82. The first-order valence-electron chi connectivity index (χ1n) is 7.82. The summed E-state index contributed by atoms with van der Waals surface area (Å²) >= 11 is 0. The van der Waals surface area contributed by atoms with Crippen LogP contribution in [0.4, 0.5) is 0 Å². The second-order valence-corrected chi connectivity index (χ2v) is 6.40. The van der Waals surface area contributed by atoms with Gasteiger partial charge < -0.3 is 15.4 Å². The minimum atomic E-state index is -0.442. The molecule has 4 radical (unpaired) electrons. The molecule has 1 aliphatic heterocycles. The van der Waals surface area contributed by atoms with Crippen LogP contribution in [0.3, 0.4) is 0 Å². The van der Waals surface area contributed by atoms with E-state index in [1.54, 1.807) is 4.90 Å². The minimum absolute atomic E-state index is 0. The Morgan fingerprint density at radius 1 is 1.25 bits per heavy atom. The molecule has 0 bridgehead atoms. The summed E-state index contributed by atoms with van der Waals surface area (Å²) in [5.41, 5.74) is 6.08. The molecule has 126 valence electrons. The molecule has 0 atom stereocenters. The number of benzene rings is 1. The van der Waals surface area contributed by atoms with Crippen LogP contribution in [0.1, 0.15) is 31.2 Å². The number of rotatable bonds is 5. The molecule has 2 fully saturated rings. The van der Waals surface area contributed by atoms with Gasteiger partial charge in [-0.1, -0.05) is 30.3 Å². The van der Waals surface area contributed by atoms with Crippen molar-refractivity contribution >= 4 is 20.2 Å². The van der Waals surface area contributed by atoms with Gasteiger partial charge in [-0.05, 0) is 31.2 Å². The zero-order valence-corrected chi connectivity index (χ0v) is 15.1. The fourth-order valence-electron chi connectivity index (χ4n) is 3.54. The summed E-state index contributed by atoms with van der Waals surface area (Å²) in [6.07, 6.45) is 3.73. The van der Waals surface area contributed by atoms with E-state index in [4.69, 9.17) is 10.5 Å². The number of primary amides is 1. The van der Waals surface area contributed by atoms with Crippen LogP contribution >= 0.6 is 0 Å². The van der Waals surface area contributed by atoms with Gasteiger partial charge in [-0.2, -0.15) is 0 Å². The topological polar surface area (TPSA) is 72.6 Å². The van der Waals surface area contributed by atoms with Gasteiger partial charge in [0.05, 0.1) is 24.7 Å². The Bertz CT molecular complexity index is 562. The summed E-state index contributed by atoms with van der Waals surface area (Å²) in [7, 11) is 0. The van der Waals surface area contributed by atoms with Crippen LogP contribution in [-0.4, -0.2) is 44.3 Å². The van der Waals surface area contributed by atoms with Crippen molar-refractivity contribution in [2.45, 2.75) is 38.4 Å². The van der Waals surface area contributed by atoms with Gasteiger partial charge in [-0.25, -0.2) is 0 Å². The van der Waals surface area contributed by atoms with Crippen LogP contribution < -0.4 is 5.73 Å². The Morgan fingerprint density at radius 3 is 2.42 bits per heavy atom. The number of carbonyl (C=O) groups is 2. The number of carbonyl (C=O) groups excluding carboxylic acids is 2. The molecule has 3 rings (SSSR count). The molecule has 2 aliphatic rings. The quantitative estimate of drug-likeness (QED) is 0.628. The van der Waals surface area contributed by atoms with Gasteiger partial charge in [0.15, 0.2) is 0 Å². The second-order valence-electron chi connectivity index (χ2n) is 6.40. The van der Waals surface area contributed by atoms with E-state index in [9.17, 15) is 9.59 Å². The number of hydrogen-bond acceptors (Lipinski definition) is 3. The van der Waals surface area contributed by atoms with Gasteiger partial charge in [0.1, 0.15) is 0 Å². The van der Waals surface area contributed by atoms with Crippen molar-refractivity contribution in [2.24, 2.45) is 11.1 Å². The molecule has 0 unspecified atom stereocenters. The molecule has 1 aromatic rings. The zero-order valence-electron chi connectivity index (χ0n) is 13.7. The molecular formula is C17H22BN2O3V. The summed E-state index contributed by atoms with van der Waals surface area (Å²) in [5, 5.41) is 0. The molecular weight excluding hydrogens is 342 g/mol. The Balaban J connectivity index is 0.00000144. The normalized spacial score (nSPS) is 25.4. The van der Waals surface area contributed by atoms with E-state index in [1.165, 1.54) is 5.56 Å². The smallest absolute Gasteiger partial charge is 0.237 e. The third kappa shape index (κ3) is 4.44. The van der Waals surface area contributed by atoms with E-state index in [1.807, 2.05) is 18.2 Å². The van der Waals surface area contributed by atoms with E-state index in [0.29, 0.717) is 13.2 Å². The number of likely N-dealkylation sites (tertiary alicyclic amines) is 1. The number of nitrogens with two attached hydrogens (primary N) is 1. The number of ether oxygens (including phenoxy) is 1. The van der Waals surface area contributed by atoms with Crippen LogP contribution in [0, 0.1) is 5.41 Å². The van der Waals surface area contributed by atoms with E-state index in [-0.39, 0.29) is 50.9 Å². The predicted octanol–water partition coefficient (Wildman–Crippen LogP) is 1.08. The van der Waals surface area contributed by atoms with Gasteiger partial charge in [0.2, 0.25) is 11.8 Å². The molecule has 1 saturated heterocycles. The second kappa shape index (κ2) is 8.74. The number of hydrogen-bond donors (Lipinski definition) is 1. The molecule has 7 heteroatoms. The Labute approximate surface area is 156 Å². The van der Waals surface area contributed by atoms with Crippen molar-refractivity contribution in [2.75, 3.05) is 13.1 Å². The van der Waals surface area contributed by atoms with Gasteiger partial charge in [0.25, 0.3) is 0 Å². The monoisotopic (exact) mass is 364 g/mol. The summed E-state index contributed by atoms with van der Waals surface area (Å²) in [6.45, 7) is 1.34. The van der Waals surface area contributed by atoms with E-state index >= 15 is 0 Å². The molecule has 1 aromatic carbocycles. The first-order chi connectivity index (χ1) is 10.6. The number of nitrogens with zero attached hydrogens (tertiary/aromatic N) is 1. The molecule has 2 amide bonds. The maximum atomic E-state index is 12.2. The first kappa shape index (κ1) is 20.8. The third-order valence-corrected chi connectivity index (χ3v) is 4.80. The van der Waals surface area contributed by atoms with Gasteiger partial charge in [-0.15, -0.1) is 0 Å². The van der Waals surface area contributed by atoms with Crippen LogP contribution in [0.2, 0.25) is 0 Å². The number of amides is 2. The van der Waals surface area contributed by atoms with Crippen molar-refractivity contribution < 1.29 is 32.9 Å². The molecule has 1 aliphatic carbocycles. The summed E-state index contributed by atoms with van der Waals surface area (Å²) < 4.78 is 5.96. The molecule has 5 nitrogen and oxygen atoms in total. The summed E-state index contributed by atoms with van der Waals surface area (Å²) in [4.78, 5) is 24.7. The van der Waals surface area contributed by atoms with Gasteiger partial charge in [-0.3, -0.25) is 9.59 Å². The van der Waals surface area contributed by atoms with E-state index < -0.39 is 5.91 Å². The van der Waals surface area contributed by atoms with Crippen molar-refractivity contribution in [3.63, 3.8) is 0 Å². The average Bonchev–Trinajstić information content (AvgIpc) is 2.54. The summed E-state index contributed by atoms with van der Waals surface area (Å²) in [5.74, 6) is -0.351. The molecule has 1 spiro atoms. The molecule has 1 saturated carbocycles. The molecule has 24 heavy (non-hydrogen) atoms. The fourth-order valence-corrected chi connectivity index (χ4v) is 3.54. The summed E-state index contributed by atoms with van der Waals surface area (Å²) in [6, 6.07) is 10.1. The van der Waals surface area contributed by atoms with Crippen molar-refractivity contribution in [1.82, 2.24) is 4.90 Å². The SMILES string of the molecule is NC(=O)CN1CC2(CCC(OCc3ccccc3)CC2)C1=O.[B].[V]. The predicted molar refractivity (Wildman–Crippen MR) is 87.4 cm³/mol. The largest absolute Gasteiger partial charge is 0.374 e. The molecule has 0 aromatic heterocycles. The Hall–Kier alpha value is -1.23. The maximum Gasteiger partial charge on any atom is 0.237 e. The molecule has 2 N–H and O–H groups in total. The van der Waals surface area contributed by atoms with Crippen LogP contribution in [-0.2, 0) is 39.5 Å². The Morgan fingerprint density at radius 2 is 1.88 bits per heavy atom. The maximum absolute atomic E-state index is 12.2. The van der Waals surface area contributed by atoms with Crippen molar-refractivity contribution in [3.05, 3.63) is 35.9 Å². The Kier molecular flexibility index (Phi) is 7.58. The average molecular weight is 364 g/mol. The third-order valence-electron chi connectivity index (χ3n) is 4.80. The van der Waals surface area contributed by atoms with Crippen LogP contribution in [0.25, 0.3) is 0 Å². The van der Waals surface area contributed by atoms with Crippen molar-refractivity contribution in [1.29, 1.82) is 0 Å².